The molecule has 0 amide bonds. The summed E-state index contributed by atoms with van der Waals surface area (Å²) in [6.45, 7) is -0.124. The van der Waals surface area contributed by atoms with E-state index >= 15 is 0 Å². The minimum atomic E-state index is -4.74. The fourth-order valence-electron chi connectivity index (χ4n) is 1.15. The molecule has 1 rings (SSSR count). The molecule has 0 aromatic carbocycles. The van der Waals surface area contributed by atoms with Crippen molar-refractivity contribution in [3.8, 4) is 0 Å². The summed E-state index contributed by atoms with van der Waals surface area (Å²) >= 11 is 0. The van der Waals surface area contributed by atoms with Crippen LogP contribution < -0.4 is 0 Å². The molecule has 1 heterocycles. The van der Waals surface area contributed by atoms with Gasteiger partial charge in [0.15, 0.2) is 0 Å². The summed E-state index contributed by atoms with van der Waals surface area (Å²) in [6.07, 6.45) is -1.18. The Balaban J connectivity index is 2.44. The lowest BCUT2D eigenvalue weighted by Gasteiger charge is -2.17. The van der Waals surface area contributed by atoms with Crippen LogP contribution in [0.1, 0.15) is 6.42 Å². The number of phosphoric ester groups is 2. The Hall–Kier alpha value is 0.180. The molecule has 0 saturated carbocycles. The fraction of sp³-hybridized carbons (Fsp3) is 1.00. The van der Waals surface area contributed by atoms with Gasteiger partial charge in [-0.3, -0.25) is 9.05 Å². The molecule has 17 heavy (non-hydrogen) atoms. The third-order valence-electron chi connectivity index (χ3n) is 2.01. The van der Waals surface area contributed by atoms with Gasteiger partial charge in [0.25, 0.3) is 0 Å². The van der Waals surface area contributed by atoms with Crippen molar-refractivity contribution in [1.29, 1.82) is 0 Å². The van der Waals surface area contributed by atoms with Gasteiger partial charge in [-0.05, 0) is 6.42 Å². The average molecular weight is 292 g/mol. The molecule has 1 aliphatic heterocycles. The Morgan fingerprint density at radius 3 is 2.47 bits per heavy atom. The molecule has 0 spiro atoms. The van der Waals surface area contributed by atoms with E-state index in [0.717, 1.165) is 7.11 Å². The van der Waals surface area contributed by atoms with E-state index in [4.69, 9.17) is 14.5 Å². The smallest absolute Gasteiger partial charge is 0.390 e. The van der Waals surface area contributed by atoms with E-state index in [2.05, 4.69) is 13.4 Å². The molecule has 1 saturated heterocycles. The number of hydrogen-bond donors (Lipinski definition) is 3. The van der Waals surface area contributed by atoms with Gasteiger partial charge >= 0.3 is 15.6 Å². The van der Waals surface area contributed by atoms with Crippen molar-refractivity contribution >= 4 is 15.6 Å². The molecule has 9 nitrogen and oxygen atoms in total. The van der Waals surface area contributed by atoms with E-state index in [1.165, 1.54) is 0 Å². The van der Waals surface area contributed by atoms with E-state index in [9.17, 15) is 14.2 Å². The summed E-state index contributed by atoms with van der Waals surface area (Å²) < 4.78 is 39.4. The lowest BCUT2D eigenvalue weighted by Crippen LogP contribution is -2.25. The second-order valence-corrected chi connectivity index (χ2v) is 6.41. The first-order valence-corrected chi connectivity index (χ1v) is 7.62. The van der Waals surface area contributed by atoms with Crippen molar-refractivity contribution in [2.24, 2.45) is 0 Å². The lowest BCUT2D eigenvalue weighted by atomic mass is 10.2. The summed E-state index contributed by atoms with van der Waals surface area (Å²) in [6, 6.07) is 0. The number of hydrogen-bond acceptors (Lipinski definition) is 7. The molecule has 1 aliphatic rings. The second-order valence-electron chi connectivity index (χ2n) is 3.26. The van der Waals surface area contributed by atoms with Gasteiger partial charge in [0.2, 0.25) is 0 Å². The number of ether oxygens (including phenoxy) is 1. The van der Waals surface area contributed by atoms with Crippen molar-refractivity contribution < 1.29 is 42.1 Å². The van der Waals surface area contributed by atoms with Crippen LogP contribution >= 0.6 is 15.6 Å². The molecular formula is C6H14O9P2. The molecule has 3 N–H and O–H groups in total. The average Bonchev–Trinajstić information content (AvgIpc) is 2.60. The molecule has 0 aromatic rings. The highest BCUT2D eigenvalue weighted by molar-refractivity contribution is 7.61. The van der Waals surface area contributed by atoms with Gasteiger partial charge in [-0.15, -0.1) is 0 Å². The molecule has 4 atom stereocenters. The van der Waals surface area contributed by atoms with Crippen LogP contribution in [0.4, 0.5) is 0 Å². The van der Waals surface area contributed by atoms with E-state index in [1.54, 1.807) is 0 Å². The molecule has 1 fully saturated rings. The van der Waals surface area contributed by atoms with E-state index in [1.807, 2.05) is 0 Å². The largest absolute Gasteiger partial charge is 0.481 e. The van der Waals surface area contributed by atoms with Crippen LogP contribution in [0, 0.1) is 0 Å². The number of aliphatic hydroxyl groups is 1. The molecule has 11 heteroatoms. The summed E-state index contributed by atoms with van der Waals surface area (Å²) in [5.41, 5.74) is 0. The summed E-state index contributed by atoms with van der Waals surface area (Å²) in [4.78, 5) is 17.9. The standard InChI is InChI=1S/C6H14O9P2/c1-12-16(8,9)15-17(10,11)14-4-6-5(7)2-3-13-6/h5-7H,2-4H2,1H3,(H,8,9)(H,10,11)/t5-,6+/m0/s1. The SMILES string of the molecule is COP(=O)(O)OP(=O)(O)OC[C@H]1OCC[C@@H]1O. The minimum absolute atomic E-state index is 0.308. The van der Waals surface area contributed by atoms with Gasteiger partial charge in [-0.25, -0.2) is 9.13 Å². The predicted octanol–water partition coefficient (Wildman–Crippen LogP) is 0.0166. The second kappa shape index (κ2) is 5.88. The van der Waals surface area contributed by atoms with Gasteiger partial charge in [0.05, 0.1) is 12.7 Å². The maximum absolute atomic E-state index is 11.2. The Morgan fingerprint density at radius 2 is 2.00 bits per heavy atom. The molecule has 102 valence electrons. The summed E-state index contributed by atoms with van der Waals surface area (Å²) in [5.74, 6) is 0. The zero-order valence-electron chi connectivity index (χ0n) is 8.96. The van der Waals surface area contributed by atoms with Gasteiger partial charge in [-0.1, -0.05) is 0 Å². The van der Waals surface area contributed by atoms with Crippen molar-refractivity contribution in [3.05, 3.63) is 0 Å². The van der Waals surface area contributed by atoms with Gasteiger partial charge in [0.1, 0.15) is 6.10 Å². The topological polar surface area (TPSA) is 132 Å². The van der Waals surface area contributed by atoms with Crippen molar-refractivity contribution in [2.75, 3.05) is 20.3 Å². The highest BCUT2D eigenvalue weighted by atomic mass is 31.3. The highest BCUT2D eigenvalue weighted by Gasteiger charge is 2.36. The first-order chi connectivity index (χ1) is 7.76. The Kier molecular flexibility index (Phi) is 5.27. The summed E-state index contributed by atoms with van der Waals surface area (Å²) in [5, 5.41) is 9.32. The first-order valence-electron chi connectivity index (χ1n) is 4.62. The van der Waals surface area contributed by atoms with Gasteiger partial charge in [0, 0.05) is 13.7 Å². The van der Waals surface area contributed by atoms with Gasteiger partial charge in [-0.2, -0.15) is 4.31 Å². The third kappa shape index (κ3) is 5.13. The number of phosphoric acid groups is 2. The molecule has 0 bridgehead atoms. The maximum Gasteiger partial charge on any atom is 0.481 e. The maximum atomic E-state index is 11.2. The van der Waals surface area contributed by atoms with E-state index in [0.29, 0.717) is 13.0 Å². The monoisotopic (exact) mass is 292 g/mol. The zero-order valence-corrected chi connectivity index (χ0v) is 10.8. The number of rotatable bonds is 6. The van der Waals surface area contributed by atoms with Crippen LogP contribution in [0.2, 0.25) is 0 Å². The number of aliphatic hydroxyl groups excluding tert-OH is 1. The van der Waals surface area contributed by atoms with Crippen LogP contribution in [-0.2, 0) is 27.2 Å². The fourth-order valence-corrected chi connectivity index (χ4v) is 2.98. The zero-order chi connectivity index (χ0) is 13.1. The van der Waals surface area contributed by atoms with Crippen molar-refractivity contribution in [2.45, 2.75) is 18.6 Å². The van der Waals surface area contributed by atoms with Gasteiger partial charge < -0.3 is 19.6 Å². The first kappa shape index (κ1) is 15.2. The Bertz CT molecular complexity index is 344. The molecule has 0 aromatic heterocycles. The normalized spacial score (nSPS) is 32.0. The predicted molar refractivity (Wildman–Crippen MR) is 54.1 cm³/mol. The molecule has 0 aliphatic carbocycles. The molecule has 2 unspecified atom stereocenters. The van der Waals surface area contributed by atoms with Crippen LogP contribution in [0.15, 0.2) is 0 Å². The highest BCUT2D eigenvalue weighted by Crippen LogP contribution is 2.60. The lowest BCUT2D eigenvalue weighted by molar-refractivity contribution is 0.00345. The van der Waals surface area contributed by atoms with Crippen LogP contribution in [0.25, 0.3) is 0 Å². The van der Waals surface area contributed by atoms with E-state index in [-0.39, 0.29) is 0 Å². The minimum Gasteiger partial charge on any atom is -0.390 e. The third-order valence-corrected chi connectivity index (χ3v) is 4.60. The van der Waals surface area contributed by atoms with E-state index < -0.39 is 34.5 Å². The Morgan fingerprint density at radius 1 is 1.35 bits per heavy atom. The Labute approximate surface area is 97.5 Å². The molecular weight excluding hydrogens is 278 g/mol. The van der Waals surface area contributed by atoms with Crippen LogP contribution in [0.3, 0.4) is 0 Å². The molecule has 0 radical (unpaired) electrons. The quantitative estimate of drug-likeness (QED) is 0.579. The van der Waals surface area contributed by atoms with Crippen LogP contribution in [-0.4, -0.2) is 47.4 Å². The van der Waals surface area contributed by atoms with Crippen LogP contribution in [0.5, 0.6) is 0 Å². The van der Waals surface area contributed by atoms with Crippen molar-refractivity contribution in [3.63, 3.8) is 0 Å². The summed E-state index contributed by atoms with van der Waals surface area (Å²) in [7, 11) is -8.51. The van der Waals surface area contributed by atoms with Crippen molar-refractivity contribution in [1.82, 2.24) is 0 Å².